The van der Waals surface area contributed by atoms with Gasteiger partial charge in [-0.05, 0) is 37.1 Å². The Hall–Kier alpha value is -1.30. The standard InChI is InChI=1S/C16H26N2O3.ClH/c1-13-10-14(2)12-15(11-13)21-8-4-16(19)18-6-5-17-7-9-20-3;/h10-12,17H,4-9H2,1-3H3,(H,18,19);1H. The zero-order chi connectivity index (χ0) is 15.5. The predicted octanol–water partition coefficient (Wildman–Crippen LogP) is 1.85. The third-order valence-corrected chi connectivity index (χ3v) is 2.90. The first-order valence-electron chi connectivity index (χ1n) is 7.29. The molecule has 1 rings (SSSR count). The number of amides is 1. The Kier molecular flexibility index (Phi) is 11.5. The van der Waals surface area contributed by atoms with E-state index < -0.39 is 0 Å². The molecule has 5 nitrogen and oxygen atoms in total. The molecule has 6 heteroatoms. The highest BCUT2D eigenvalue weighted by Gasteiger charge is 2.02. The average Bonchev–Trinajstić information content (AvgIpc) is 2.41. The van der Waals surface area contributed by atoms with Crippen LogP contribution < -0.4 is 15.4 Å². The zero-order valence-electron chi connectivity index (χ0n) is 13.6. The van der Waals surface area contributed by atoms with Crippen molar-refractivity contribution in [3.63, 3.8) is 0 Å². The molecule has 0 aromatic heterocycles. The molecular formula is C16H27ClN2O3. The van der Waals surface area contributed by atoms with Crippen LogP contribution in [0.25, 0.3) is 0 Å². The lowest BCUT2D eigenvalue weighted by atomic mass is 10.1. The Morgan fingerprint density at radius 3 is 2.36 bits per heavy atom. The minimum Gasteiger partial charge on any atom is -0.493 e. The van der Waals surface area contributed by atoms with E-state index in [1.54, 1.807) is 7.11 Å². The lowest BCUT2D eigenvalue weighted by Gasteiger charge is -2.09. The first-order valence-corrected chi connectivity index (χ1v) is 7.29. The molecule has 22 heavy (non-hydrogen) atoms. The van der Waals surface area contributed by atoms with Gasteiger partial charge in [-0.15, -0.1) is 12.4 Å². The molecule has 0 saturated carbocycles. The fraction of sp³-hybridized carbons (Fsp3) is 0.562. The second kappa shape index (κ2) is 12.3. The molecule has 0 saturated heterocycles. The van der Waals surface area contributed by atoms with Crippen LogP contribution in [0, 0.1) is 13.8 Å². The van der Waals surface area contributed by atoms with Gasteiger partial charge in [-0.2, -0.15) is 0 Å². The Labute approximate surface area is 139 Å². The van der Waals surface area contributed by atoms with Gasteiger partial charge >= 0.3 is 0 Å². The normalized spacial score (nSPS) is 9.95. The molecule has 0 fully saturated rings. The molecule has 1 aromatic carbocycles. The number of halogens is 1. The summed E-state index contributed by atoms with van der Waals surface area (Å²) in [4.78, 5) is 11.6. The maximum Gasteiger partial charge on any atom is 0.223 e. The van der Waals surface area contributed by atoms with Crippen LogP contribution in [-0.4, -0.2) is 45.9 Å². The summed E-state index contributed by atoms with van der Waals surface area (Å²) in [5.41, 5.74) is 2.33. The SMILES string of the molecule is COCCNCCNC(=O)CCOc1cc(C)cc(C)c1.Cl. The maximum atomic E-state index is 11.6. The number of nitrogens with one attached hydrogen (secondary N) is 2. The fourth-order valence-electron chi connectivity index (χ4n) is 1.96. The van der Waals surface area contributed by atoms with Crippen LogP contribution in [0.5, 0.6) is 5.75 Å². The molecule has 1 amide bonds. The van der Waals surface area contributed by atoms with Gasteiger partial charge in [0.05, 0.1) is 19.6 Å². The predicted molar refractivity (Wildman–Crippen MR) is 91.0 cm³/mol. The topological polar surface area (TPSA) is 59.6 Å². The molecule has 0 aliphatic carbocycles. The highest BCUT2D eigenvalue weighted by molar-refractivity contribution is 5.85. The minimum absolute atomic E-state index is 0. The first-order chi connectivity index (χ1) is 10.1. The largest absolute Gasteiger partial charge is 0.493 e. The molecular weight excluding hydrogens is 304 g/mol. The number of carbonyl (C=O) groups excluding carboxylic acids is 1. The number of methoxy groups -OCH3 is 1. The third-order valence-electron chi connectivity index (χ3n) is 2.90. The molecule has 0 radical (unpaired) electrons. The number of rotatable bonds is 10. The number of ether oxygens (including phenoxy) is 2. The minimum atomic E-state index is 0. The summed E-state index contributed by atoms with van der Waals surface area (Å²) in [6.45, 7) is 7.29. The second-order valence-electron chi connectivity index (χ2n) is 5.01. The average molecular weight is 331 g/mol. The summed E-state index contributed by atoms with van der Waals surface area (Å²) >= 11 is 0. The van der Waals surface area contributed by atoms with Gasteiger partial charge in [-0.1, -0.05) is 6.07 Å². The number of carbonyl (C=O) groups is 1. The Balaban J connectivity index is 0.00000441. The summed E-state index contributed by atoms with van der Waals surface area (Å²) in [7, 11) is 1.67. The molecule has 0 bridgehead atoms. The third kappa shape index (κ3) is 9.60. The summed E-state index contributed by atoms with van der Waals surface area (Å²) < 4.78 is 10.5. The van der Waals surface area contributed by atoms with Crippen LogP contribution >= 0.6 is 12.4 Å². The second-order valence-corrected chi connectivity index (χ2v) is 5.01. The molecule has 2 N–H and O–H groups in total. The maximum absolute atomic E-state index is 11.6. The van der Waals surface area contributed by atoms with Gasteiger partial charge in [-0.3, -0.25) is 4.79 Å². The molecule has 0 aliphatic rings. The molecule has 0 heterocycles. The number of hydrogen-bond donors (Lipinski definition) is 2. The van der Waals surface area contributed by atoms with Gasteiger partial charge in [0.1, 0.15) is 5.75 Å². The lowest BCUT2D eigenvalue weighted by Crippen LogP contribution is -2.33. The summed E-state index contributed by atoms with van der Waals surface area (Å²) in [6.07, 6.45) is 0.366. The summed E-state index contributed by atoms with van der Waals surface area (Å²) in [5.74, 6) is 0.828. The highest BCUT2D eigenvalue weighted by Crippen LogP contribution is 2.16. The van der Waals surface area contributed by atoms with Crippen molar-refractivity contribution in [1.29, 1.82) is 0 Å². The number of hydrogen-bond acceptors (Lipinski definition) is 4. The van der Waals surface area contributed by atoms with E-state index in [1.165, 1.54) is 0 Å². The molecule has 0 aliphatic heterocycles. The van der Waals surface area contributed by atoms with Crippen molar-refractivity contribution in [3.05, 3.63) is 29.3 Å². The van der Waals surface area contributed by atoms with Crippen molar-refractivity contribution in [2.24, 2.45) is 0 Å². The van der Waals surface area contributed by atoms with Crippen LogP contribution in [-0.2, 0) is 9.53 Å². The van der Waals surface area contributed by atoms with Gasteiger partial charge in [-0.25, -0.2) is 0 Å². The first kappa shape index (κ1) is 20.7. The molecule has 126 valence electrons. The Bertz CT molecular complexity index is 421. The van der Waals surface area contributed by atoms with Crippen molar-refractivity contribution < 1.29 is 14.3 Å². The van der Waals surface area contributed by atoms with Crippen LogP contribution in [0.1, 0.15) is 17.5 Å². The van der Waals surface area contributed by atoms with Gasteiger partial charge in [0.15, 0.2) is 0 Å². The zero-order valence-corrected chi connectivity index (χ0v) is 14.4. The molecule has 1 aromatic rings. The lowest BCUT2D eigenvalue weighted by molar-refractivity contribution is -0.121. The summed E-state index contributed by atoms with van der Waals surface area (Å²) in [6, 6.07) is 6.05. The summed E-state index contributed by atoms with van der Waals surface area (Å²) in [5, 5.41) is 6.01. The monoisotopic (exact) mass is 330 g/mol. The smallest absolute Gasteiger partial charge is 0.223 e. The van der Waals surface area contributed by atoms with E-state index >= 15 is 0 Å². The van der Waals surface area contributed by atoms with Gasteiger partial charge < -0.3 is 20.1 Å². The van der Waals surface area contributed by atoms with Gasteiger partial charge in [0.25, 0.3) is 0 Å². The van der Waals surface area contributed by atoms with E-state index in [1.807, 2.05) is 26.0 Å². The fourth-order valence-corrected chi connectivity index (χ4v) is 1.96. The number of aryl methyl sites for hydroxylation is 2. The number of benzene rings is 1. The molecule has 0 atom stereocenters. The van der Waals surface area contributed by atoms with E-state index in [9.17, 15) is 4.79 Å². The van der Waals surface area contributed by atoms with E-state index in [2.05, 4.69) is 16.7 Å². The Morgan fingerprint density at radius 2 is 1.73 bits per heavy atom. The van der Waals surface area contributed by atoms with E-state index in [4.69, 9.17) is 9.47 Å². The molecule has 0 spiro atoms. The van der Waals surface area contributed by atoms with E-state index in [-0.39, 0.29) is 18.3 Å². The van der Waals surface area contributed by atoms with E-state index in [0.717, 1.165) is 30.0 Å². The van der Waals surface area contributed by atoms with Crippen molar-refractivity contribution >= 4 is 18.3 Å². The molecule has 0 unspecified atom stereocenters. The highest BCUT2D eigenvalue weighted by atomic mass is 35.5. The van der Waals surface area contributed by atoms with Crippen LogP contribution in [0.2, 0.25) is 0 Å². The Morgan fingerprint density at radius 1 is 1.05 bits per heavy atom. The van der Waals surface area contributed by atoms with Crippen molar-refractivity contribution in [3.8, 4) is 5.75 Å². The van der Waals surface area contributed by atoms with Crippen molar-refractivity contribution in [2.45, 2.75) is 20.3 Å². The van der Waals surface area contributed by atoms with E-state index in [0.29, 0.717) is 26.2 Å². The van der Waals surface area contributed by atoms with Crippen molar-refractivity contribution in [1.82, 2.24) is 10.6 Å². The van der Waals surface area contributed by atoms with Gasteiger partial charge in [0, 0.05) is 26.7 Å². The quantitative estimate of drug-likeness (QED) is 0.643. The van der Waals surface area contributed by atoms with Crippen LogP contribution in [0.4, 0.5) is 0 Å². The van der Waals surface area contributed by atoms with Crippen molar-refractivity contribution in [2.75, 3.05) is 40.0 Å². The van der Waals surface area contributed by atoms with Crippen LogP contribution in [0.3, 0.4) is 0 Å². The van der Waals surface area contributed by atoms with Crippen LogP contribution in [0.15, 0.2) is 18.2 Å². The van der Waals surface area contributed by atoms with Gasteiger partial charge in [0.2, 0.25) is 5.91 Å².